The Bertz CT molecular complexity index is 586. The van der Waals surface area contributed by atoms with Gasteiger partial charge in [-0.1, -0.05) is 43.1 Å². The van der Waals surface area contributed by atoms with Crippen LogP contribution in [0.25, 0.3) is 0 Å². The van der Waals surface area contributed by atoms with Crippen LogP contribution in [0, 0.1) is 5.41 Å². The fourth-order valence-electron chi connectivity index (χ4n) is 2.90. The molecule has 1 fully saturated rings. The van der Waals surface area contributed by atoms with Gasteiger partial charge in [-0.2, -0.15) is 0 Å². The van der Waals surface area contributed by atoms with Crippen LogP contribution in [0.2, 0.25) is 10.0 Å². The molecule has 21 heavy (non-hydrogen) atoms. The molecule has 0 radical (unpaired) electrons. The predicted octanol–water partition coefficient (Wildman–Crippen LogP) is 3.71. The summed E-state index contributed by atoms with van der Waals surface area (Å²) in [5.74, 6) is -1.38. The second-order valence-electron chi connectivity index (χ2n) is 5.93. The first-order valence-corrected chi connectivity index (χ1v) is 7.49. The topological polar surface area (TPSA) is 57.6 Å². The molecular weight excluding hydrogens is 313 g/mol. The Morgan fingerprint density at radius 1 is 1.33 bits per heavy atom. The minimum Gasteiger partial charge on any atom is -0.480 e. The van der Waals surface area contributed by atoms with E-state index >= 15 is 0 Å². The third kappa shape index (κ3) is 3.01. The minimum absolute atomic E-state index is 0.164. The summed E-state index contributed by atoms with van der Waals surface area (Å²) < 4.78 is 0. The maximum atomic E-state index is 12.7. The number of hydrogen-bond acceptors (Lipinski definition) is 2. The van der Waals surface area contributed by atoms with Crippen molar-refractivity contribution < 1.29 is 14.7 Å². The molecule has 1 N–H and O–H groups in total. The summed E-state index contributed by atoms with van der Waals surface area (Å²) >= 11 is 12.0. The molecule has 0 aliphatic carbocycles. The van der Waals surface area contributed by atoms with Crippen molar-refractivity contribution in [3.63, 3.8) is 0 Å². The van der Waals surface area contributed by atoms with Gasteiger partial charge in [0.1, 0.15) is 6.04 Å². The molecule has 6 heteroatoms. The van der Waals surface area contributed by atoms with Crippen LogP contribution in [0.1, 0.15) is 37.0 Å². The van der Waals surface area contributed by atoms with Crippen molar-refractivity contribution in [2.24, 2.45) is 5.41 Å². The van der Waals surface area contributed by atoms with E-state index in [2.05, 4.69) is 0 Å². The quantitative estimate of drug-likeness (QED) is 0.899. The van der Waals surface area contributed by atoms with Crippen LogP contribution in [0.15, 0.2) is 18.2 Å². The maximum absolute atomic E-state index is 12.7. The zero-order valence-electron chi connectivity index (χ0n) is 11.9. The van der Waals surface area contributed by atoms with Gasteiger partial charge in [0.25, 0.3) is 5.91 Å². The highest BCUT2D eigenvalue weighted by Crippen LogP contribution is 2.37. The van der Waals surface area contributed by atoms with Crippen molar-refractivity contribution in [3.8, 4) is 0 Å². The Morgan fingerprint density at radius 2 is 2.00 bits per heavy atom. The summed E-state index contributed by atoms with van der Waals surface area (Å²) in [5.41, 5.74) is -0.238. The van der Waals surface area contributed by atoms with Gasteiger partial charge in [-0.3, -0.25) is 4.79 Å². The molecule has 1 amide bonds. The van der Waals surface area contributed by atoms with Crippen LogP contribution < -0.4 is 0 Å². The van der Waals surface area contributed by atoms with Gasteiger partial charge in [0.2, 0.25) is 0 Å². The normalized spacial score (nSPS) is 21.1. The average Bonchev–Trinajstić information content (AvgIpc) is 2.39. The number of likely N-dealkylation sites (tertiary alicyclic amines) is 1. The first-order valence-electron chi connectivity index (χ1n) is 6.73. The molecule has 1 heterocycles. The van der Waals surface area contributed by atoms with Crippen molar-refractivity contribution in [2.45, 2.75) is 32.7 Å². The standard InChI is InChI=1S/C15H17Cl2NO3/c1-15(2)7-4-8-18(12(15)14(20)21)13(19)9-5-3-6-10(16)11(9)17/h3,5-6,12H,4,7-8H2,1-2H3,(H,20,21). The molecule has 0 aromatic heterocycles. The largest absolute Gasteiger partial charge is 0.480 e. The van der Waals surface area contributed by atoms with E-state index in [-0.39, 0.29) is 21.5 Å². The molecule has 1 aromatic rings. The number of hydrogen-bond donors (Lipinski definition) is 1. The van der Waals surface area contributed by atoms with E-state index in [4.69, 9.17) is 23.2 Å². The molecule has 1 unspecified atom stereocenters. The lowest BCUT2D eigenvalue weighted by Crippen LogP contribution is -2.56. The number of halogens is 2. The maximum Gasteiger partial charge on any atom is 0.326 e. The predicted molar refractivity (Wildman–Crippen MR) is 81.9 cm³/mol. The van der Waals surface area contributed by atoms with Gasteiger partial charge in [-0.15, -0.1) is 0 Å². The molecular formula is C15H17Cl2NO3. The van der Waals surface area contributed by atoms with Crippen LogP contribution in [-0.4, -0.2) is 34.5 Å². The molecule has 2 rings (SSSR count). The average molecular weight is 330 g/mol. The van der Waals surface area contributed by atoms with Crippen LogP contribution in [-0.2, 0) is 4.79 Å². The van der Waals surface area contributed by atoms with Gasteiger partial charge in [0.15, 0.2) is 0 Å². The minimum atomic E-state index is -0.994. The van der Waals surface area contributed by atoms with E-state index in [0.717, 1.165) is 12.8 Å². The lowest BCUT2D eigenvalue weighted by Gasteiger charge is -2.44. The van der Waals surface area contributed by atoms with Crippen LogP contribution in [0.4, 0.5) is 0 Å². The first kappa shape index (κ1) is 16.1. The van der Waals surface area contributed by atoms with Crippen molar-refractivity contribution >= 4 is 35.1 Å². The second kappa shape index (κ2) is 5.85. The summed E-state index contributed by atoms with van der Waals surface area (Å²) in [6.45, 7) is 4.14. The smallest absolute Gasteiger partial charge is 0.326 e. The number of benzene rings is 1. The number of aliphatic carboxylic acids is 1. The Hall–Kier alpha value is -1.26. The number of carboxylic acids is 1. The van der Waals surface area contributed by atoms with E-state index < -0.39 is 17.4 Å². The number of nitrogens with zero attached hydrogens (tertiary/aromatic N) is 1. The van der Waals surface area contributed by atoms with Gasteiger partial charge in [-0.05, 0) is 30.4 Å². The van der Waals surface area contributed by atoms with Gasteiger partial charge in [0, 0.05) is 6.54 Å². The molecule has 1 aliphatic rings. The molecule has 114 valence electrons. The van der Waals surface area contributed by atoms with Gasteiger partial charge >= 0.3 is 5.97 Å². The number of amides is 1. The SMILES string of the molecule is CC1(C)CCCN(C(=O)c2cccc(Cl)c2Cl)C1C(=O)O. The fourth-order valence-corrected chi connectivity index (χ4v) is 3.28. The monoisotopic (exact) mass is 329 g/mol. The Kier molecular flexibility index (Phi) is 4.49. The Balaban J connectivity index is 2.41. The number of carboxylic acid groups (broad SMARTS) is 1. The number of carbonyl (C=O) groups excluding carboxylic acids is 1. The summed E-state index contributed by atoms with van der Waals surface area (Å²) in [4.78, 5) is 25.7. The highest BCUT2D eigenvalue weighted by atomic mass is 35.5. The third-order valence-corrected chi connectivity index (χ3v) is 4.77. The van der Waals surface area contributed by atoms with Crippen molar-refractivity contribution in [1.82, 2.24) is 4.90 Å². The van der Waals surface area contributed by atoms with E-state index in [1.807, 2.05) is 13.8 Å². The van der Waals surface area contributed by atoms with Crippen molar-refractivity contribution in [1.29, 1.82) is 0 Å². The third-order valence-electron chi connectivity index (χ3n) is 3.95. The van der Waals surface area contributed by atoms with E-state index in [1.165, 1.54) is 4.90 Å². The molecule has 1 atom stereocenters. The zero-order chi connectivity index (χ0) is 15.8. The van der Waals surface area contributed by atoms with Gasteiger partial charge < -0.3 is 10.0 Å². The Labute approximate surface area is 133 Å². The first-order chi connectivity index (χ1) is 9.75. The number of piperidine rings is 1. The summed E-state index contributed by atoms with van der Waals surface area (Å²) in [5, 5.41) is 9.96. The molecule has 0 bridgehead atoms. The second-order valence-corrected chi connectivity index (χ2v) is 6.72. The molecule has 0 spiro atoms. The summed E-state index contributed by atoms with van der Waals surface area (Å²) in [6, 6.07) is 3.92. The van der Waals surface area contributed by atoms with Crippen molar-refractivity contribution in [2.75, 3.05) is 6.54 Å². The zero-order valence-corrected chi connectivity index (χ0v) is 13.4. The lowest BCUT2D eigenvalue weighted by molar-refractivity contribution is -0.148. The van der Waals surface area contributed by atoms with Crippen LogP contribution in [0.5, 0.6) is 0 Å². The van der Waals surface area contributed by atoms with E-state index in [0.29, 0.717) is 6.54 Å². The lowest BCUT2D eigenvalue weighted by atomic mass is 9.76. The molecule has 1 aromatic carbocycles. The summed E-state index contributed by atoms with van der Waals surface area (Å²) in [7, 11) is 0. The van der Waals surface area contributed by atoms with Gasteiger partial charge in [0.05, 0.1) is 15.6 Å². The summed E-state index contributed by atoms with van der Waals surface area (Å²) in [6.07, 6.45) is 1.53. The molecule has 1 aliphatic heterocycles. The van der Waals surface area contributed by atoms with E-state index in [1.54, 1.807) is 18.2 Å². The van der Waals surface area contributed by atoms with Crippen molar-refractivity contribution in [3.05, 3.63) is 33.8 Å². The number of carbonyl (C=O) groups is 2. The highest BCUT2D eigenvalue weighted by Gasteiger charge is 2.44. The Morgan fingerprint density at radius 3 is 2.62 bits per heavy atom. The van der Waals surface area contributed by atoms with Crippen LogP contribution >= 0.6 is 23.2 Å². The molecule has 4 nitrogen and oxygen atoms in total. The van der Waals surface area contributed by atoms with Gasteiger partial charge in [-0.25, -0.2) is 4.79 Å². The highest BCUT2D eigenvalue weighted by molar-refractivity contribution is 6.43. The molecule has 1 saturated heterocycles. The molecule has 0 saturated carbocycles. The fraction of sp³-hybridized carbons (Fsp3) is 0.467. The van der Waals surface area contributed by atoms with Crippen LogP contribution in [0.3, 0.4) is 0 Å². The number of rotatable bonds is 2. The van der Waals surface area contributed by atoms with E-state index in [9.17, 15) is 14.7 Å².